The van der Waals surface area contributed by atoms with Gasteiger partial charge in [0.15, 0.2) is 15.7 Å². The van der Waals surface area contributed by atoms with Gasteiger partial charge in [0.25, 0.3) is 0 Å². The largest absolute Gasteiger partial charge is 0.417 e. The third-order valence-electron chi connectivity index (χ3n) is 5.78. The van der Waals surface area contributed by atoms with Crippen LogP contribution in [0.1, 0.15) is 5.56 Å². The molecule has 0 aliphatic rings. The molecule has 3 aromatic carbocycles. The number of imidazole rings is 1. The van der Waals surface area contributed by atoms with Crippen molar-refractivity contribution in [2.24, 2.45) is 0 Å². The lowest BCUT2D eigenvalue weighted by Gasteiger charge is -2.14. The predicted octanol–water partition coefficient (Wildman–Crippen LogP) is 6.42. The number of nitrogens with zero attached hydrogens (tertiary/aromatic N) is 3. The first-order valence-electron chi connectivity index (χ1n) is 10.9. The van der Waals surface area contributed by atoms with E-state index in [1.54, 1.807) is 76.3 Å². The van der Waals surface area contributed by atoms with Crippen molar-refractivity contribution in [3.05, 3.63) is 109 Å². The molecule has 0 amide bonds. The molecule has 0 N–H and O–H groups in total. The minimum absolute atomic E-state index is 0.0339. The van der Waals surface area contributed by atoms with Crippen LogP contribution in [-0.2, 0) is 16.0 Å². The SMILES string of the molecule is CS(=O)(=O)c1cccc(-c2ccc(-n3cc(-n4cccc4)nc3-c3ccccc3C(F)(F)F)cc2)c1. The van der Waals surface area contributed by atoms with Gasteiger partial charge in [0.1, 0.15) is 5.82 Å². The van der Waals surface area contributed by atoms with Crippen molar-refractivity contribution in [3.8, 4) is 34.0 Å². The van der Waals surface area contributed by atoms with Gasteiger partial charge in [0.2, 0.25) is 0 Å². The molecule has 5 aromatic rings. The van der Waals surface area contributed by atoms with E-state index in [4.69, 9.17) is 0 Å². The van der Waals surface area contributed by atoms with Gasteiger partial charge < -0.3 is 4.57 Å². The smallest absolute Gasteiger partial charge is 0.307 e. The van der Waals surface area contributed by atoms with Crippen LogP contribution in [0.4, 0.5) is 13.2 Å². The normalized spacial score (nSPS) is 12.1. The van der Waals surface area contributed by atoms with Gasteiger partial charge >= 0.3 is 6.18 Å². The average Bonchev–Trinajstić information content (AvgIpc) is 3.54. The fourth-order valence-corrected chi connectivity index (χ4v) is 4.68. The second-order valence-electron chi connectivity index (χ2n) is 8.27. The molecule has 5 nitrogen and oxygen atoms in total. The zero-order chi connectivity index (χ0) is 25.5. The molecule has 0 radical (unpaired) electrons. The molecular weight excluding hydrogens is 487 g/mol. The van der Waals surface area contributed by atoms with Crippen molar-refractivity contribution >= 4 is 9.84 Å². The standard InChI is InChI=1S/C27H20F3N3O2S/c1-36(34,35)22-8-6-7-20(17-22)19-11-13-21(14-12-19)33-18-25(32-15-4-5-16-32)31-26(33)23-9-2-3-10-24(23)27(28,29)30/h2-18H,1H3. The Labute approximate surface area is 206 Å². The molecule has 0 aliphatic heterocycles. The third kappa shape index (κ3) is 4.57. The lowest BCUT2D eigenvalue weighted by atomic mass is 10.0. The first-order valence-corrected chi connectivity index (χ1v) is 12.8. The van der Waals surface area contributed by atoms with E-state index in [1.165, 1.54) is 18.2 Å². The maximum Gasteiger partial charge on any atom is 0.417 e. The zero-order valence-electron chi connectivity index (χ0n) is 19.0. The molecule has 0 saturated carbocycles. The van der Waals surface area contributed by atoms with Crippen LogP contribution < -0.4 is 0 Å². The first-order chi connectivity index (χ1) is 17.1. The van der Waals surface area contributed by atoms with Gasteiger partial charge in [-0.15, -0.1) is 0 Å². The Kier molecular flexibility index (Phi) is 5.80. The minimum Gasteiger partial charge on any atom is -0.307 e. The molecule has 9 heteroatoms. The highest BCUT2D eigenvalue weighted by Gasteiger charge is 2.34. The number of aromatic nitrogens is 3. The van der Waals surface area contributed by atoms with Crippen LogP contribution in [-0.4, -0.2) is 28.8 Å². The van der Waals surface area contributed by atoms with E-state index >= 15 is 0 Å². The van der Waals surface area contributed by atoms with Gasteiger partial charge in [-0.25, -0.2) is 13.4 Å². The van der Waals surface area contributed by atoms with Gasteiger partial charge in [0, 0.05) is 29.9 Å². The number of benzene rings is 3. The van der Waals surface area contributed by atoms with Crippen LogP contribution in [0.3, 0.4) is 0 Å². The van der Waals surface area contributed by atoms with Gasteiger partial charge in [-0.1, -0.05) is 42.5 Å². The fourth-order valence-electron chi connectivity index (χ4n) is 4.01. The Bertz CT molecular complexity index is 1640. The van der Waals surface area contributed by atoms with Crippen LogP contribution >= 0.6 is 0 Å². The fraction of sp³-hybridized carbons (Fsp3) is 0.0741. The molecule has 5 rings (SSSR count). The number of hydrogen-bond acceptors (Lipinski definition) is 3. The summed E-state index contributed by atoms with van der Waals surface area (Å²) in [6.07, 6.45) is 1.82. The van der Waals surface area contributed by atoms with Crippen molar-refractivity contribution in [1.29, 1.82) is 0 Å². The summed E-state index contributed by atoms with van der Waals surface area (Å²) in [5.41, 5.74) is 1.28. The molecule has 0 bridgehead atoms. The highest BCUT2D eigenvalue weighted by molar-refractivity contribution is 7.90. The summed E-state index contributed by atoms with van der Waals surface area (Å²) in [6.45, 7) is 0. The van der Waals surface area contributed by atoms with Gasteiger partial charge in [-0.2, -0.15) is 13.2 Å². The average molecular weight is 508 g/mol. The topological polar surface area (TPSA) is 56.9 Å². The molecule has 36 heavy (non-hydrogen) atoms. The second-order valence-corrected chi connectivity index (χ2v) is 10.3. The van der Waals surface area contributed by atoms with Crippen molar-refractivity contribution in [3.63, 3.8) is 0 Å². The summed E-state index contributed by atoms with van der Waals surface area (Å²) >= 11 is 0. The highest BCUT2D eigenvalue weighted by Crippen LogP contribution is 2.38. The molecule has 0 fully saturated rings. The Morgan fingerprint density at radius 1 is 0.806 bits per heavy atom. The Morgan fingerprint density at radius 2 is 1.50 bits per heavy atom. The summed E-state index contributed by atoms with van der Waals surface area (Å²) < 4.78 is 68.7. The summed E-state index contributed by atoms with van der Waals surface area (Å²) in [6, 6.07) is 22.7. The van der Waals surface area contributed by atoms with E-state index in [1.807, 2.05) is 12.1 Å². The molecule has 2 heterocycles. The number of halogens is 3. The van der Waals surface area contributed by atoms with Crippen LogP contribution in [0.2, 0.25) is 0 Å². The molecule has 0 unspecified atom stereocenters. The molecular formula is C27H20F3N3O2S. The molecule has 182 valence electrons. The third-order valence-corrected chi connectivity index (χ3v) is 6.89. The predicted molar refractivity (Wildman–Crippen MR) is 132 cm³/mol. The van der Waals surface area contributed by atoms with E-state index in [0.29, 0.717) is 17.1 Å². The lowest BCUT2D eigenvalue weighted by Crippen LogP contribution is -2.09. The lowest BCUT2D eigenvalue weighted by molar-refractivity contribution is -0.137. The van der Waals surface area contributed by atoms with Crippen LogP contribution in [0.25, 0.3) is 34.0 Å². The maximum absolute atomic E-state index is 13.8. The van der Waals surface area contributed by atoms with Crippen LogP contribution in [0.5, 0.6) is 0 Å². The maximum atomic E-state index is 13.8. The Hall–Kier alpha value is -4.11. The number of sulfone groups is 1. The van der Waals surface area contributed by atoms with E-state index in [0.717, 1.165) is 17.9 Å². The molecule has 0 aliphatic carbocycles. The minimum atomic E-state index is -4.55. The summed E-state index contributed by atoms with van der Waals surface area (Å²) in [5.74, 6) is 0.621. The Balaban J connectivity index is 1.63. The molecule has 0 atom stereocenters. The Morgan fingerprint density at radius 3 is 2.17 bits per heavy atom. The van der Waals surface area contributed by atoms with Gasteiger partial charge in [-0.05, 0) is 53.6 Å². The summed E-state index contributed by atoms with van der Waals surface area (Å²) in [4.78, 5) is 4.76. The molecule has 0 spiro atoms. The number of hydrogen-bond donors (Lipinski definition) is 0. The summed E-state index contributed by atoms with van der Waals surface area (Å²) in [7, 11) is -3.36. The van der Waals surface area contributed by atoms with Crippen molar-refractivity contribution < 1.29 is 21.6 Å². The van der Waals surface area contributed by atoms with Crippen LogP contribution in [0, 0.1) is 0 Å². The van der Waals surface area contributed by atoms with Crippen molar-refractivity contribution in [2.75, 3.05) is 6.26 Å². The molecule has 2 aromatic heterocycles. The van der Waals surface area contributed by atoms with E-state index < -0.39 is 21.6 Å². The quantitative estimate of drug-likeness (QED) is 0.276. The monoisotopic (exact) mass is 507 g/mol. The van der Waals surface area contributed by atoms with Gasteiger partial charge in [0.05, 0.1) is 16.7 Å². The van der Waals surface area contributed by atoms with Gasteiger partial charge in [-0.3, -0.25) is 4.57 Å². The first kappa shape index (κ1) is 23.6. The highest BCUT2D eigenvalue weighted by atomic mass is 32.2. The van der Waals surface area contributed by atoms with Crippen molar-refractivity contribution in [1.82, 2.24) is 14.1 Å². The second kappa shape index (κ2) is 8.83. The van der Waals surface area contributed by atoms with E-state index in [-0.39, 0.29) is 16.3 Å². The van der Waals surface area contributed by atoms with Crippen LogP contribution in [0.15, 0.2) is 108 Å². The number of alkyl halides is 3. The summed E-state index contributed by atoms with van der Waals surface area (Å²) in [5, 5.41) is 0. The molecule has 0 saturated heterocycles. The van der Waals surface area contributed by atoms with E-state index in [9.17, 15) is 21.6 Å². The van der Waals surface area contributed by atoms with E-state index in [2.05, 4.69) is 4.98 Å². The van der Waals surface area contributed by atoms with Crippen molar-refractivity contribution in [2.45, 2.75) is 11.1 Å². The zero-order valence-corrected chi connectivity index (χ0v) is 19.8. The number of rotatable bonds is 5.